The predicted molar refractivity (Wildman–Crippen MR) is 124 cm³/mol. The minimum absolute atomic E-state index is 0.241. The van der Waals surface area contributed by atoms with Crippen molar-refractivity contribution in [1.29, 1.82) is 0 Å². The quantitative estimate of drug-likeness (QED) is 0.428. The van der Waals surface area contributed by atoms with Crippen LogP contribution in [-0.4, -0.2) is 28.6 Å². The third-order valence-electron chi connectivity index (χ3n) is 5.57. The number of amides is 2. The summed E-state index contributed by atoms with van der Waals surface area (Å²) in [7, 11) is 1.34. The summed E-state index contributed by atoms with van der Waals surface area (Å²) in [5, 5.41) is 5.00. The van der Waals surface area contributed by atoms with Crippen molar-refractivity contribution in [3.8, 4) is 5.69 Å². The van der Waals surface area contributed by atoms with Crippen molar-refractivity contribution in [2.24, 2.45) is 0 Å². The predicted octanol–water partition coefficient (Wildman–Crippen LogP) is 5.46. The zero-order valence-corrected chi connectivity index (χ0v) is 18.2. The smallest absolute Gasteiger partial charge is 0.337 e. The van der Waals surface area contributed by atoms with Crippen molar-refractivity contribution in [3.63, 3.8) is 0 Å². The number of hydrogen-bond donors (Lipinski definition) is 1. The maximum atomic E-state index is 13.6. The van der Waals surface area contributed by atoms with Gasteiger partial charge in [0.25, 0.3) is 0 Å². The molecule has 0 fully saturated rings. The highest BCUT2D eigenvalue weighted by molar-refractivity contribution is 7.10. The molecule has 1 aliphatic rings. The first-order chi connectivity index (χ1) is 15.7. The van der Waals surface area contributed by atoms with Crippen molar-refractivity contribution in [1.82, 2.24) is 9.47 Å². The van der Waals surface area contributed by atoms with E-state index < -0.39 is 5.97 Å². The monoisotopic (exact) mass is 443 g/mol. The van der Waals surface area contributed by atoms with Gasteiger partial charge in [-0.1, -0.05) is 30.3 Å². The Morgan fingerprint density at radius 3 is 2.72 bits per heavy atom. The normalized spacial score (nSPS) is 14.8. The van der Waals surface area contributed by atoms with E-state index in [1.54, 1.807) is 35.6 Å². The Morgan fingerprint density at radius 1 is 1.03 bits per heavy atom. The molecule has 2 amide bonds. The summed E-state index contributed by atoms with van der Waals surface area (Å²) in [5.74, 6) is -0.445. The molecule has 1 unspecified atom stereocenters. The van der Waals surface area contributed by atoms with Crippen LogP contribution in [0.25, 0.3) is 5.69 Å². The van der Waals surface area contributed by atoms with E-state index >= 15 is 0 Å². The van der Waals surface area contributed by atoms with Crippen LogP contribution in [0.2, 0.25) is 0 Å². The number of para-hydroxylation sites is 1. The van der Waals surface area contributed by atoms with E-state index in [4.69, 9.17) is 4.74 Å². The number of esters is 1. The number of nitrogens with zero attached hydrogens (tertiary/aromatic N) is 2. The minimum atomic E-state index is -0.445. The van der Waals surface area contributed by atoms with E-state index in [1.165, 1.54) is 7.11 Å². The Labute approximate surface area is 189 Å². The fourth-order valence-corrected chi connectivity index (χ4v) is 4.97. The molecule has 2 aromatic carbocycles. The number of aromatic nitrogens is 1. The van der Waals surface area contributed by atoms with E-state index in [9.17, 15) is 9.59 Å². The van der Waals surface area contributed by atoms with Crippen LogP contribution in [0.15, 0.2) is 84.4 Å². The minimum Gasteiger partial charge on any atom is -0.465 e. The van der Waals surface area contributed by atoms with Crippen LogP contribution in [0.4, 0.5) is 10.5 Å². The number of fused-ring (bicyclic) bond motifs is 3. The Balaban J connectivity index is 1.56. The van der Waals surface area contributed by atoms with Crippen LogP contribution in [0, 0.1) is 0 Å². The number of carbonyl (C=O) groups is 2. The first-order valence-corrected chi connectivity index (χ1v) is 11.1. The van der Waals surface area contributed by atoms with Crippen LogP contribution < -0.4 is 5.32 Å². The first kappa shape index (κ1) is 20.1. The molecular weight excluding hydrogens is 422 g/mol. The SMILES string of the molecule is COC(=O)c1cccc(NC(=O)N2Cc3ccccc3-n3cccc3C2c2cccs2)c1. The van der Waals surface area contributed by atoms with Gasteiger partial charge in [0, 0.05) is 16.8 Å². The number of methoxy groups -OCH3 is 1. The van der Waals surface area contributed by atoms with Gasteiger partial charge in [0.2, 0.25) is 0 Å². The highest BCUT2D eigenvalue weighted by atomic mass is 32.1. The lowest BCUT2D eigenvalue weighted by Gasteiger charge is -2.30. The molecule has 3 heterocycles. The molecule has 0 aliphatic carbocycles. The molecule has 1 N–H and O–H groups in total. The third-order valence-corrected chi connectivity index (χ3v) is 6.50. The van der Waals surface area contributed by atoms with Crippen LogP contribution in [0.5, 0.6) is 0 Å². The van der Waals surface area contributed by atoms with Crippen molar-refractivity contribution in [3.05, 3.63) is 106 Å². The Morgan fingerprint density at radius 2 is 1.91 bits per heavy atom. The van der Waals surface area contributed by atoms with Gasteiger partial charge in [-0.15, -0.1) is 11.3 Å². The number of benzene rings is 2. The van der Waals surface area contributed by atoms with Gasteiger partial charge < -0.3 is 19.5 Å². The van der Waals surface area contributed by atoms with Gasteiger partial charge in [-0.2, -0.15) is 0 Å². The summed E-state index contributed by atoms with van der Waals surface area (Å²) in [6, 6.07) is 22.5. The second-order valence-electron chi connectivity index (χ2n) is 7.48. The largest absolute Gasteiger partial charge is 0.465 e. The van der Waals surface area contributed by atoms with Crippen LogP contribution in [0.3, 0.4) is 0 Å². The van der Waals surface area contributed by atoms with Gasteiger partial charge in [-0.05, 0) is 53.4 Å². The van der Waals surface area contributed by atoms with Gasteiger partial charge in [0.05, 0.1) is 30.6 Å². The molecule has 0 saturated carbocycles. The molecule has 5 rings (SSSR count). The number of rotatable bonds is 3. The molecule has 160 valence electrons. The number of anilines is 1. The topological polar surface area (TPSA) is 63.6 Å². The lowest BCUT2D eigenvalue weighted by atomic mass is 10.1. The lowest BCUT2D eigenvalue weighted by Crippen LogP contribution is -2.37. The van der Waals surface area contributed by atoms with Crippen molar-refractivity contribution in [2.75, 3.05) is 12.4 Å². The lowest BCUT2D eigenvalue weighted by molar-refractivity contribution is 0.0600. The third kappa shape index (κ3) is 3.56. The number of ether oxygens (including phenoxy) is 1. The molecule has 4 aromatic rings. The standard InChI is InChI=1S/C25H21N3O3S/c1-31-24(29)17-8-4-9-19(15-17)26-25(30)28-16-18-7-2-3-10-20(18)27-13-5-11-21(27)23(28)22-12-6-14-32-22/h2-15,23H,16H2,1H3,(H,26,30). The summed E-state index contributed by atoms with van der Waals surface area (Å²) >= 11 is 1.63. The average molecular weight is 444 g/mol. The molecule has 32 heavy (non-hydrogen) atoms. The molecular formula is C25H21N3O3S. The van der Waals surface area contributed by atoms with Crippen molar-refractivity contribution >= 4 is 29.0 Å². The van der Waals surface area contributed by atoms with E-state index in [-0.39, 0.29) is 12.1 Å². The fraction of sp³-hybridized carbons (Fsp3) is 0.120. The van der Waals surface area contributed by atoms with Gasteiger partial charge >= 0.3 is 12.0 Å². The molecule has 0 spiro atoms. The number of urea groups is 1. The zero-order valence-electron chi connectivity index (χ0n) is 17.4. The van der Waals surface area contributed by atoms with Crippen molar-refractivity contribution in [2.45, 2.75) is 12.6 Å². The van der Waals surface area contributed by atoms with E-state index in [1.807, 2.05) is 46.8 Å². The Bertz CT molecular complexity index is 1280. The van der Waals surface area contributed by atoms with Crippen LogP contribution in [-0.2, 0) is 11.3 Å². The molecule has 7 heteroatoms. The number of hydrogen-bond acceptors (Lipinski definition) is 4. The zero-order chi connectivity index (χ0) is 22.1. The fourth-order valence-electron chi connectivity index (χ4n) is 4.12. The summed E-state index contributed by atoms with van der Waals surface area (Å²) in [4.78, 5) is 28.4. The molecule has 0 bridgehead atoms. The summed E-state index contributed by atoms with van der Waals surface area (Å²) in [6.45, 7) is 0.447. The van der Waals surface area contributed by atoms with Crippen LogP contribution in [0.1, 0.15) is 32.5 Å². The molecule has 0 saturated heterocycles. The molecule has 0 radical (unpaired) electrons. The Hall–Kier alpha value is -3.84. The van der Waals surface area contributed by atoms with Gasteiger partial charge in [0.15, 0.2) is 0 Å². The van der Waals surface area contributed by atoms with E-state index in [0.717, 1.165) is 21.8 Å². The molecule has 1 aliphatic heterocycles. The van der Waals surface area contributed by atoms with Crippen LogP contribution >= 0.6 is 11.3 Å². The summed E-state index contributed by atoms with van der Waals surface area (Å²) in [5.41, 5.74) is 4.07. The Kier molecular flexibility index (Phi) is 5.25. The second-order valence-corrected chi connectivity index (χ2v) is 8.46. The van der Waals surface area contributed by atoms with Gasteiger partial charge in [0.1, 0.15) is 6.04 Å². The number of carbonyl (C=O) groups excluding carboxylic acids is 2. The molecule has 6 nitrogen and oxygen atoms in total. The van der Waals surface area contributed by atoms with Gasteiger partial charge in [-0.25, -0.2) is 9.59 Å². The average Bonchev–Trinajstić information content (AvgIpc) is 3.50. The van der Waals surface area contributed by atoms with Crippen molar-refractivity contribution < 1.29 is 14.3 Å². The first-order valence-electron chi connectivity index (χ1n) is 10.2. The summed E-state index contributed by atoms with van der Waals surface area (Å²) < 4.78 is 6.96. The molecule has 1 atom stereocenters. The highest BCUT2D eigenvalue weighted by Crippen LogP contribution is 2.38. The van der Waals surface area contributed by atoms with E-state index in [0.29, 0.717) is 17.8 Å². The second kappa shape index (κ2) is 8.36. The van der Waals surface area contributed by atoms with E-state index in [2.05, 4.69) is 28.1 Å². The van der Waals surface area contributed by atoms with Gasteiger partial charge in [-0.3, -0.25) is 0 Å². The number of nitrogens with one attached hydrogen (secondary N) is 1. The maximum absolute atomic E-state index is 13.6. The number of thiophene rings is 1. The molecule has 2 aromatic heterocycles. The summed E-state index contributed by atoms with van der Waals surface area (Å²) in [6.07, 6.45) is 2.04. The highest BCUT2D eigenvalue weighted by Gasteiger charge is 2.33. The maximum Gasteiger partial charge on any atom is 0.337 e.